The number of carboxylic acids is 1. The van der Waals surface area contributed by atoms with Gasteiger partial charge in [-0.15, -0.1) is 11.8 Å². The predicted molar refractivity (Wildman–Crippen MR) is 69.2 cm³/mol. The van der Waals surface area contributed by atoms with E-state index >= 15 is 0 Å². The van der Waals surface area contributed by atoms with Gasteiger partial charge in [-0.25, -0.2) is 9.78 Å². The highest BCUT2D eigenvalue weighted by atomic mass is 32.2. The van der Waals surface area contributed by atoms with Gasteiger partial charge in [0.2, 0.25) is 0 Å². The molecule has 0 radical (unpaired) electrons. The molecule has 0 aromatic carbocycles. The average Bonchev–Trinajstić information content (AvgIpc) is 2.38. The van der Waals surface area contributed by atoms with Crippen LogP contribution in [0.5, 0.6) is 0 Å². The van der Waals surface area contributed by atoms with Crippen molar-refractivity contribution in [1.29, 1.82) is 0 Å². The second-order valence-electron chi connectivity index (χ2n) is 3.49. The zero-order valence-electron chi connectivity index (χ0n) is 10.3. The number of hydrogen-bond donors (Lipinski definition) is 1. The molecule has 0 aliphatic carbocycles. The van der Waals surface area contributed by atoms with Crippen molar-refractivity contribution in [2.24, 2.45) is 0 Å². The summed E-state index contributed by atoms with van der Waals surface area (Å²) in [7, 11) is 1.64. The molecule has 0 amide bonds. The molecule has 0 fully saturated rings. The summed E-state index contributed by atoms with van der Waals surface area (Å²) in [6, 6.07) is 3.39. The Morgan fingerprint density at radius 2 is 2.28 bits per heavy atom. The van der Waals surface area contributed by atoms with Crippen molar-refractivity contribution in [3.05, 3.63) is 24.0 Å². The molecule has 1 aromatic rings. The Morgan fingerprint density at radius 3 is 3.00 bits per heavy atom. The normalized spacial score (nSPS) is 10.5. The molecule has 1 heterocycles. The van der Waals surface area contributed by atoms with Gasteiger partial charge in [-0.05, 0) is 18.6 Å². The molecule has 0 atom stereocenters. The van der Waals surface area contributed by atoms with Gasteiger partial charge in [-0.3, -0.25) is 0 Å². The summed E-state index contributed by atoms with van der Waals surface area (Å²) in [5.41, 5.74) is 0.0799. The molecule has 6 heteroatoms. The molecule has 0 unspecified atom stereocenters. The third kappa shape index (κ3) is 6.00. The zero-order chi connectivity index (χ0) is 13.2. The van der Waals surface area contributed by atoms with Gasteiger partial charge in [0.1, 0.15) is 5.69 Å². The molecule has 0 bridgehead atoms. The SMILES string of the molecule is COCCOCCCSc1ccnc(C(=O)O)c1. The average molecular weight is 271 g/mol. The topological polar surface area (TPSA) is 68.7 Å². The van der Waals surface area contributed by atoms with Crippen LogP contribution in [0.3, 0.4) is 0 Å². The summed E-state index contributed by atoms with van der Waals surface area (Å²) >= 11 is 1.60. The van der Waals surface area contributed by atoms with Gasteiger partial charge in [0.25, 0.3) is 0 Å². The Labute approximate surface area is 111 Å². The van der Waals surface area contributed by atoms with E-state index in [1.165, 1.54) is 6.20 Å². The van der Waals surface area contributed by atoms with Crippen molar-refractivity contribution in [2.75, 3.05) is 32.7 Å². The molecule has 0 spiro atoms. The molecule has 1 aromatic heterocycles. The number of thioether (sulfide) groups is 1. The number of hydrogen-bond acceptors (Lipinski definition) is 5. The largest absolute Gasteiger partial charge is 0.477 e. The fourth-order valence-electron chi connectivity index (χ4n) is 1.21. The van der Waals surface area contributed by atoms with Crippen molar-refractivity contribution in [3.8, 4) is 0 Å². The molecule has 18 heavy (non-hydrogen) atoms. The zero-order valence-corrected chi connectivity index (χ0v) is 11.1. The highest BCUT2D eigenvalue weighted by Crippen LogP contribution is 2.18. The molecule has 0 aliphatic heterocycles. The highest BCUT2D eigenvalue weighted by Gasteiger charge is 2.04. The van der Waals surface area contributed by atoms with Gasteiger partial charge in [0.05, 0.1) is 13.2 Å². The van der Waals surface area contributed by atoms with Crippen LogP contribution < -0.4 is 0 Å². The lowest BCUT2D eigenvalue weighted by Crippen LogP contribution is -2.03. The van der Waals surface area contributed by atoms with Crippen LogP contribution in [-0.2, 0) is 9.47 Å². The molecular formula is C12H17NO4S. The first-order valence-corrected chi connectivity index (χ1v) is 6.61. The van der Waals surface area contributed by atoms with E-state index in [1.54, 1.807) is 24.9 Å². The summed E-state index contributed by atoms with van der Waals surface area (Å²) in [6.45, 7) is 1.91. The molecule has 0 aliphatic rings. The maximum absolute atomic E-state index is 10.7. The minimum atomic E-state index is -1.000. The lowest BCUT2D eigenvalue weighted by molar-refractivity contribution is 0.0690. The number of nitrogens with zero attached hydrogens (tertiary/aromatic N) is 1. The highest BCUT2D eigenvalue weighted by molar-refractivity contribution is 7.99. The summed E-state index contributed by atoms with van der Waals surface area (Å²) in [5, 5.41) is 8.80. The van der Waals surface area contributed by atoms with E-state index in [0.717, 1.165) is 17.1 Å². The molecule has 5 nitrogen and oxygen atoms in total. The molecule has 0 saturated carbocycles. The van der Waals surface area contributed by atoms with Crippen LogP contribution in [0.25, 0.3) is 0 Å². The van der Waals surface area contributed by atoms with Crippen LogP contribution in [0.1, 0.15) is 16.9 Å². The summed E-state index contributed by atoms with van der Waals surface area (Å²) in [4.78, 5) is 15.4. The van der Waals surface area contributed by atoms with E-state index < -0.39 is 5.97 Å². The molecule has 0 saturated heterocycles. The van der Waals surface area contributed by atoms with Crippen molar-refractivity contribution >= 4 is 17.7 Å². The monoisotopic (exact) mass is 271 g/mol. The Hall–Kier alpha value is -1.11. The Kier molecular flexibility index (Phi) is 7.40. The number of aromatic nitrogens is 1. The third-order valence-electron chi connectivity index (χ3n) is 2.08. The number of carbonyl (C=O) groups is 1. The number of rotatable bonds is 9. The van der Waals surface area contributed by atoms with Gasteiger partial charge in [0.15, 0.2) is 0 Å². The first-order valence-electron chi connectivity index (χ1n) is 5.63. The Balaban J connectivity index is 2.19. The van der Waals surface area contributed by atoms with Gasteiger partial charge < -0.3 is 14.6 Å². The quantitative estimate of drug-likeness (QED) is 0.546. The van der Waals surface area contributed by atoms with Gasteiger partial charge in [-0.1, -0.05) is 0 Å². The Bertz CT molecular complexity index is 373. The van der Waals surface area contributed by atoms with Crippen LogP contribution in [0.15, 0.2) is 23.2 Å². The van der Waals surface area contributed by atoms with Crippen molar-refractivity contribution in [2.45, 2.75) is 11.3 Å². The number of carboxylic acid groups (broad SMARTS) is 1. The second-order valence-corrected chi connectivity index (χ2v) is 4.66. The molecular weight excluding hydrogens is 254 g/mol. The van der Waals surface area contributed by atoms with Gasteiger partial charge in [0, 0.05) is 30.6 Å². The van der Waals surface area contributed by atoms with E-state index in [2.05, 4.69) is 4.98 Å². The predicted octanol–water partition coefficient (Wildman–Crippen LogP) is 1.93. The minimum Gasteiger partial charge on any atom is -0.477 e. The van der Waals surface area contributed by atoms with E-state index in [0.29, 0.717) is 19.8 Å². The molecule has 1 N–H and O–H groups in total. The van der Waals surface area contributed by atoms with Crippen LogP contribution in [-0.4, -0.2) is 48.7 Å². The fourth-order valence-corrected chi connectivity index (χ4v) is 2.06. The van der Waals surface area contributed by atoms with Crippen LogP contribution >= 0.6 is 11.8 Å². The van der Waals surface area contributed by atoms with Crippen molar-refractivity contribution in [1.82, 2.24) is 4.98 Å². The van der Waals surface area contributed by atoms with E-state index in [1.807, 2.05) is 6.07 Å². The van der Waals surface area contributed by atoms with Gasteiger partial charge >= 0.3 is 5.97 Å². The van der Waals surface area contributed by atoms with Crippen LogP contribution in [0.2, 0.25) is 0 Å². The Morgan fingerprint density at radius 1 is 1.44 bits per heavy atom. The number of ether oxygens (including phenoxy) is 2. The number of pyridine rings is 1. The number of aromatic carboxylic acids is 1. The summed E-state index contributed by atoms with van der Waals surface area (Å²) in [5.74, 6) is -0.115. The minimum absolute atomic E-state index is 0.0799. The second kappa shape index (κ2) is 8.91. The lowest BCUT2D eigenvalue weighted by Gasteiger charge is -2.04. The summed E-state index contributed by atoms with van der Waals surface area (Å²) < 4.78 is 10.2. The first-order chi connectivity index (χ1) is 8.74. The lowest BCUT2D eigenvalue weighted by atomic mass is 10.3. The first kappa shape index (κ1) is 14.9. The van der Waals surface area contributed by atoms with E-state index in [9.17, 15) is 4.79 Å². The standard InChI is InChI=1S/C12H17NO4S/c1-16-6-7-17-5-2-8-18-10-3-4-13-11(9-10)12(14)15/h3-4,9H,2,5-8H2,1H3,(H,14,15). The maximum Gasteiger partial charge on any atom is 0.354 e. The van der Waals surface area contributed by atoms with E-state index in [4.69, 9.17) is 14.6 Å². The van der Waals surface area contributed by atoms with Crippen molar-refractivity contribution < 1.29 is 19.4 Å². The number of methoxy groups -OCH3 is 1. The van der Waals surface area contributed by atoms with Crippen LogP contribution in [0, 0.1) is 0 Å². The summed E-state index contributed by atoms with van der Waals surface area (Å²) in [6.07, 6.45) is 2.43. The third-order valence-corrected chi connectivity index (χ3v) is 3.16. The van der Waals surface area contributed by atoms with E-state index in [-0.39, 0.29) is 5.69 Å². The fraction of sp³-hybridized carbons (Fsp3) is 0.500. The molecule has 100 valence electrons. The maximum atomic E-state index is 10.7. The van der Waals surface area contributed by atoms with Gasteiger partial charge in [-0.2, -0.15) is 0 Å². The molecule has 1 rings (SSSR count). The van der Waals surface area contributed by atoms with Crippen molar-refractivity contribution in [3.63, 3.8) is 0 Å². The van der Waals surface area contributed by atoms with Crippen LogP contribution in [0.4, 0.5) is 0 Å². The smallest absolute Gasteiger partial charge is 0.354 e.